The molecule has 1 aromatic heterocycles. The summed E-state index contributed by atoms with van der Waals surface area (Å²) in [4.78, 5) is 16.7. The first-order valence-corrected chi connectivity index (χ1v) is 9.91. The summed E-state index contributed by atoms with van der Waals surface area (Å²) in [6.45, 7) is 7.59. The van der Waals surface area contributed by atoms with Crippen LogP contribution in [0.15, 0.2) is 30.3 Å². The van der Waals surface area contributed by atoms with E-state index in [2.05, 4.69) is 52.6 Å². The van der Waals surface area contributed by atoms with Crippen molar-refractivity contribution in [3.8, 4) is 6.07 Å². The van der Waals surface area contributed by atoms with E-state index in [0.29, 0.717) is 37.8 Å². The summed E-state index contributed by atoms with van der Waals surface area (Å²) < 4.78 is 1.82. The van der Waals surface area contributed by atoms with E-state index in [9.17, 15) is 4.79 Å². The molecular weight excluding hydrogens is 352 g/mol. The summed E-state index contributed by atoms with van der Waals surface area (Å²) in [5.41, 5.74) is 4.15. The molecule has 2 aliphatic heterocycles. The van der Waals surface area contributed by atoms with Crippen molar-refractivity contribution in [2.45, 2.75) is 32.4 Å². The van der Waals surface area contributed by atoms with Gasteiger partial charge in [-0.3, -0.25) is 4.68 Å². The molecule has 1 saturated heterocycles. The maximum Gasteiger partial charge on any atom is 0.317 e. The molecule has 0 saturated carbocycles. The highest BCUT2D eigenvalue weighted by molar-refractivity contribution is 5.74. The van der Waals surface area contributed by atoms with Crippen LogP contribution in [-0.2, 0) is 13.1 Å². The van der Waals surface area contributed by atoms with E-state index in [1.807, 2.05) is 4.68 Å². The molecule has 0 radical (unpaired) electrons. The van der Waals surface area contributed by atoms with Crippen LogP contribution in [0.3, 0.4) is 0 Å². The zero-order chi connectivity index (χ0) is 19.5. The van der Waals surface area contributed by atoms with Crippen molar-refractivity contribution in [2.24, 2.45) is 0 Å². The zero-order valence-corrected chi connectivity index (χ0v) is 16.3. The normalized spacial score (nSPS) is 19.3. The molecule has 4 rings (SSSR count). The third-order valence-electron chi connectivity index (χ3n) is 5.80. The number of fused-ring (bicyclic) bond motifs is 1. The highest BCUT2D eigenvalue weighted by Crippen LogP contribution is 2.28. The van der Waals surface area contributed by atoms with Crippen LogP contribution in [0.5, 0.6) is 0 Å². The number of aryl methyl sites for hydroxylation is 1. The first-order valence-electron chi connectivity index (χ1n) is 9.91. The molecule has 0 unspecified atom stereocenters. The van der Waals surface area contributed by atoms with Gasteiger partial charge in [0.2, 0.25) is 0 Å². The Labute approximate surface area is 165 Å². The van der Waals surface area contributed by atoms with Gasteiger partial charge in [0, 0.05) is 26.2 Å². The Morgan fingerprint density at radius 1 is 1.32 bits per heavy atom. The molecule has 1 aromatic carbocycles. The minimum absolute atomic E-state index is 0.0411. The van der Waals surface area contributed by atoms with Gasteiger partial charge >= 0.3 is 6.03 Å². The number of carbonyl (C=O) groups is 1. The highest BCUT2D eigenvalue weighted by atomic mass is 16.2. The number of amides is 2. The van der Waals surface area contributed by atoms with Gasteiger partial charge in [-0.1, -0.05) is 24.3 Å². The number of rotatable bonds is 4. The Hall–Kier alpha value is -2.85. The Morgan fingerprint density at radius 2 is 2.18 bits per heavy atom. The second-order valence-electron chi connectivity index (χ2n) is 7.65. The summed E-state index contributed by atoms with van der Waals surface area (Å²) in [6, 6.07) is 12.4. The number of nitrogens with zero attached hydrogens (tertiary/aromatic N) is 5. The standard InChI is InChI=1S/C21H26N6O/c1-16-4-2-3-5-20(16)17-6-8-25(14-17)9-7-23-21(28)26-10-11-27-19(15-26)12-18(13-22)24-27/h2-5,12,17H,6-11,14-15H2,1H3,(H,23,28)/t17-/m1/s1. The van der Waals surface area contributed by atoms with Gasteiger partial charge in [0.1, 0.15) is 6.07 Å². The van der Waals surface area contributed by atoms with Gasteiger partial charge in [-0.15, -0.1) is 0 Å². The average molecular weight is 378 g/mol. The lowest BCUT2D eigenvalue weighted by atomic mass is 9.94. The van der Waals surface area contributed by atoms with E-state index in [1.165, 1.54) is 17.5 Å². The molecule has 1 atom stereocenters. The molecule has 2 amide bonds. The summed E-state index contributed by atoms with van der Waals surface area (Å²) >= 11 is 0. The minimum atomic E-state index is -0.0411. The van der Waals surface area contributed by atoms with Crippen LogP contribution >= 0.6 is 0 Å². The van der Waals surface area contributed by atoms with Gasteiger partial charge < -0.3 is 15.1 Å². The number of nitriles is 1. The lowest BCUT2D eigenvalue weighted by molar-refractivity contribution is 0.179. The van der Waals surface area contributed by atoms with Crippen molar-refractivity contribution in [1.82, 2.24) is 24.9 Å². The molecule has 0 bridgehead atoms. The van der Waals surface area contributed by atoms with Crippen LogP contribution in [0.1, 0.15) is 34.9 Å². The molecule has 146 valence electrons. The molecule has 1 fully saturated rings. The maximum atomic E-state index is 12.5. The molecule has 2 aromatic rings. The van der Waals surface area contributed by atoms with E-state index in [0.717, 1.165) is 25.3 Å². The first kappa shape index (κ1) is 18.5. The number of likely N-dealkylation sites (tertiary alicyclic amines) is 1. The summed E-state index contributed by atoms with van der Waals surface area (Å²) in [7, 11) is 0. The molecule has 3 heterocycles. The SMILES string of the molecule is Cc1ccccc1[C@@H]1CCN(CCNC(=O)N2CCn3nc(C#N)cc3C2)C1. The fraction of sp³-hybridized carbons (Fsp3) is 0.476. The van der Waals surface area contributed by atoms with Crippen molar-refractivity contribution in [2.75, 3.05) is 32.7 Å². The molecule has 1 N–H and O–H groups in total. The number of nitrogens with one attached hydrogen (secondary N) is 1. The van der Waals surface area contributed by atoms with Gasteiger partial charge in [-0.05, 0) is 43.0 Å². The minimum Gasteiger partial charge on any atom is -0.337 e. The van der Waals surface area contributed by atoms with Crippen LogP contribution in [0.4, 0.5) is 4.79 Å². The molecule has 0 spiro atoms. The van der Waals surface area contributed by atoms with Crippen LogP contribution < -0.4 is 5.32 Å². The van der Waals surface area contributed by atoms with Crippen molar-refractivity contribution in [3.63, 3.8) is 0 Å². The number of hydrogen-bond donors (Lipinski definition) is 1. The maximum absolute atomic E-state index is 12.5. The van der Waals surface area contributed by atoms with Crippen LogP contribution in [-0.4, -0.2) is 58.3 Å². The van der Waals surface area contributed by atoms with E-state index in [-0.39, 0.29) is 6.03 Å². The van der Waals surface area contributed by atoms with Gasteiger partial charge in [0.15, 0.2) is 5.69 Å². The number of hydrogen-bond acceptors (Lipinski definition) is 4. The second kappa shape index (κ2) is 8.03. The number of benzene rings is 1. The van der Waals surface area contributed by atoms with E-state index in [4.69, 9.17) is 5.26 Å². The second-order valence-corrected chi connectivity index (χ2v) is 7.65. The Kier molecular flexibility index (Phi) is 5.31. The zero-order valence-electron chi connectivity index (χ0n) is 16.3. The largest absolute Gasteiger partial charge is 0.337 e. The van der Waals surface area contributed by atoms with E-state index < -0.39 is 0 Å². The summed E-state index contributed by atoms with van der Waals surface area (Å²) in [6.07, 6.45) is 1.18. The fourth-order valence-corrected chi connectivity index (χ4v) is 4.26. The monoisotopic (exact) mass is 378 g/mol. The highest BCUT2D eigenvalue weighted by Gasteiger charge is 2.25. The summed E-state index contributed by atoms with van der Waals surface area (Å²) in [5.74, 6) is 0.591. The molecule has 7 nitrogen and oxygen atoms in total. The predicted octanol–water partition coefficient (Wildman–Crippen LogP) is 2.08. The Balaban J connectivity index is 1.23. The number of carbonyl (C=O) groups excluding carboxylic acids is 1. The molecule has 28 heavy (non-hydrogen) atoms. The third kappa shape index (κ3) is 3.87. The quantitative estimate of drug-likeness (QED) is 0.884. The van der Waals surface area contributed by atoms with Gasteiger partial charge in [-0.2, -0.15) is 10.4 Å². The average Bonchev–Trinajstić information content (AvgIpc) is 3.34. The first-order chi connectivity index (χ1) is 13.6. The van der Waals surface area contributed by atoms with E-state index in [1.54, 1.807) is 11.0 Å². The van der Waals surface area contributed by atoms with Crippen molar-refractivity contribution < 1.29 is 4.79 Å². The predicted molar refractivity (Wildman–Crippen MR) is 106 cm³/mol. The van der Waals surface area contributed by atoms with Crippen LogP contribution in [0.25, 0.3) is 0 Å². The van der Waals surface area contributed by atoms with Crippen LogP contribution in [0.2, 0.25) is 0 Å². The van der Waals surface area contributed by atoms with Crippen LogP contribution in [0, 0.1) is 18.3 Å². The van der Waals surface area contributed by atoms with E-state index >= 15 is 0 Å². The third-order valence-corrected chi connectivity index (χ3v) is 5.80. The molecule has 7 heteroatoms. The van der Waals surface area contributed by atoms with Gasteiger partial charge in [0.05, 0.1) is 18.8 Å². The Bertz CT molecular complexity index is 899. The number of aromatic nitrogens is 2. The summed E-state index contributed by atoms with van der Waals surface area (Å²) in [5, 5.41) is 16.2. The Morgan fingerprint density at radius 3 is 3.00 bits per heavy atom. The van der Waals surface area contributed by atoms with Crippen molar-refractivity contribution >= 4 is 6.03 Å². The van der Waals surface area contributed by atoms with Crippen molar-refractivity contribution in [3.05, 3.63) is 52.8 Å². The van der Waals surface area contributed by atoms with Gasteiger partial charge in [0.25, 0.3) is 0 Å². The molecular formula is C21H26N6O. The molecule has 2 aliphatic rings. The smallest absolute Gasteiger partial charge is 0.317 e. The topological polar surface area (TPSA) is 77.2 Å². The van der Waals surface area contributed by atoms with Crippen molar-refractivity contribution in [1.29, 1.82) is 5.26 Å². The van der Waals surface area contributed by atoms with Gasteiger partial charge in [-0.25, -0.2) is 4.79 Å². The molecule has 0 aliphatic carbocycles. The number of urea groups is 1. The fourth-order valence-electron chi connectivity index (χ4n) is 4.26. The lowest BCUT2D eigenvalue weighted by Gasteiger charge is -2.28. The lowest BCUT2D eigenvalue weighted by Crippen LogP contribution is -2.46.